The molecule has 72 valence electrons. The standard InChI is InChI=1S/C10H8ClNO2/c1-12-3-2-7-6(5-12)4-8(13)10(14)9(7)11/h2-5,13H,1H3/p+1. The van der Waals surface area contributed by atoms with Gasteiger partial charge in [0.05, 0.1) is 10.4 Å². The van der Waals surface area contributed by atoms with E-state index in [2.05, 4.69) is 0 Å². The molecule has 0 aliphatic rings. The van der Waals surface area contributed by atoms with Crippen LogP contribution < -0.4 is 4.57 Å². The average Bonchev–Trinajstić information content (AvgIpc) is 2.14. The van der Waals surface area contributed by atoms with E-state index in [1.807, 2.05) is 24.0 Å². The summed E-state index contributed by atoms with van der Waals surface area (Å²) in [5.41, 5.74) is 0. The molecule has 0 radical (unpaired) electrons. The number of hydrogen-bond donors (Lipinski definition) is 2. The second-order valence-electron chi connectivity index (χ2n) is 3.17. The molecule has 0 aliphatic heterocycles. The highest BCUT2D eigenvalue weighted by Crippen LogP contribution is 2.38. The first kappa shape index (κ1) is 9.09. The third-order valence-electron chi connectivity index (χ3n) is 2.11. The van der Waals surface area contributed by atoms with Gasteiger partial charge in [-0.15, -0.1) is 0 Å². The summed E-state index contributed by atoms with van der Waals surface area (Å²) in [4.78, 5) is 0. The number of nitrogens with zero attached hydrogens (tertiary/aromatic N) is 1. The molecule has 0 fully saturated rings. The van der Waals surface area contributed by atoms with Gasteiger partial charge in [-0.2, -0.15) is 0 Å². The largest absolute Gasteiger partial charge is 0.504 e. The fourth-order valence-corrected chi connectivity index (χ4v) is 1.66. The molecular weight excluding hydrogens is 202 g/mol. The van der Waals surface area contributed by atoms with Crippen LogP contribution in [0.3, 0.4) is 0 Å². The molecule has 2 N–H and O–H groups in total. The van der Waals surface area contributed by atoms with Crippen LogP contribution in [0.25, 0.3) is 10.8 Å². The number of aromatic nitrogens is 1. The Morgan fingerprint density at radius 3 is 2.79 bits per heavy atom. The van der Waals surface area contributed by atoms with Gasteiger partial charge >= 0.3 is 0 Å². The van der Waals surface area contributed by atoms with Crippen LogP contribution in [0.5, 0.6) is 11.5 Å². The number of pyridine rings is 1. The fraction of sp³-hybridized carbons (Fsp3) is 0.100. The summed E-state index contributed by atoms with van der Waals surface area (Å²) in [6.07, 6.45) is 3.64. The molecule has 0 amide bonds. The molecule has 0 saturated heterocycles. The lowest BCUT2D eigenvalue weighted by Crippen LogP contribution is -2.25. The summed E-state index contributed by atoms with van der Waals surface area (Å²) in [7, 11) is 1.87. The van der Waals surface area contributed by atoms with E-state index in [1.165, 1.54) is 6.07 Å². The first-order valence-electron chi connectivity index (χ1n) is 4.09. The molecule has 14 heavy (non-hydrogen) atoms. The van der Waals surface area contributed by atoms with Crippen LogP contribution >= 0.6 is 11.6 Å². The van der Waals surface area contributed by atoms with Gasteiger partial charge in [0.25, 0.3) is 0 Å². The van der Waals surface area contributed by atoms with Crippen LogP contribution in [0.4, 0.5) is 0 Å². The molecule has 1 heterocycles. The third kappa shape index (κ3) is 1.26. The zero-order valence-electron chi connectivity index (χ0n) is 7.53. The number of rotatable bonds is 0. The van der Waals surface area contributed by atoms with E-state index in [0.29, 0.717) is 0 Å². The van der Waals surface area contributed by atoms with Gasteiger partial charge in [0.15, 0.2) is 23.9 Å². The van der Waals surface area contributed by atoms with Crippen molar-refractivity contribution in [2.45, 2.75) is 0 Å². The Morgan fingerprint density at radius 2 is 2.07 bits per heavy atom. The number of phenolic OH excluding ortho intramolecular Hbond substituents is 2. The zero-order chi connectivity index (χ0) is 10.3. The molecule has 4 heteroatoms. The molecule has 0 atom stereocenters. The Morgan fingerprint density at radius 1 is 1.36 bits per heavy atom. The number of hydrogen-bond acceptors (Lipinski definition) is 2. The van der Waals surface area contributed by atoms with Crippen molar-refractivity contribution in [3.8, 4) is 11.5 Å². The number of aryl methyl sites for hydroxylation is 1. The van der Waals surface area contributed by atoms with E-state index in [4.69, 9.17) is 11.6 Å². The van der Waals surface area contributed by atoms with Crippen molar-refractivity contribution in [3.05, 3.63) is 29.5 Å². The molecule has 0 bridgehead atoms. The first-order valence-corrected chi connectivity index (χ1v) is 4.47. The Balaban J connectivity index is 2.91. The molecule has 2 aromatic rings. The lowest BCUT2D eigenvalue weighted by Gasteiger charge is -2.03. The maximum atomic E-state index is 9.38. The van der Waals surface area contributed by atoms with E-state index in [0.717, 1.165) is 10.8 Å². The predicted molar refractivity (Wildman–Crippen MR) is 53.5 cm³/mol. The summed E-state index contributed by atoms with van der Waals surface area (Å²) in [6.45, 7) is 0. The van der Waals surface area contributed by atoms with E-state index in [-0.39, 0.29) is 16.5 Å². The van der Waals surface area contributed by atoms with Crippen molar-refractivity contribution >= 4 is 22.4 Å². The van der Waals surface area contributed by atoms with Crippen molar-refractivity contribution < 1.29 is 14.8 Å². The smallest absolute Gasteiger partial charge is 0.177 e. The summed E-state index contributed by atoms with van der Waals surface area (Å²) < 4.78 is 1.84. The summed E-state index contributed by atoms with van der Waals surface area (Å²) in [5, 5.41) is 20.4. The maximum absolute atomic E-state index is 9.38. The molecule has 3 nitrogen and oxygen atoms in total. The highest BCUT2D eigenvalue weighted by molar-refractivity contribution is 6.37. The molecular formula is C10H9ClNO2+. The fourth-order valence-electron chi connectivity index (χ4n) is 1.39. The summed E-state index contributed by atoms with van der Waals surface area (Å²) in [6, 6.07) is 3.27. The molecule has 1 aromatic heterocycles. The SMILES string of the molecule is C[n+]1ccc2c(Cl)c(O)c(O)cc2c1. The molecule has 1 aromatic carbocycles. The van der Waals surface area contributed by atoms with Crippen LogP contribution in [-0.2, 0) is 7.05 Å². The highest BCUT2D eigenvalue weighted by Gasteiger charge is 2.11. The highest BCUT2D eigenvalue weighted by atomic mass is 35.5. The van der Waals surface area contributed by atoms with Crippen molar-refractivity contribution in [2.75, 3.05) is 0 Å². The van der Waals surface area contributed by atoms with Crippen molar-refractivity contribution in [1.82, 2.24) is 0 Å². The molecule has 0 unspecified atom stereocenters. The second kappa shape index (κ2) is 3.03. The number of halogens is 1. The summed E-state index contributed by atoms with van der Waals surface area (Å²) >= 11 is 5.86. The normalized spacial score (nSPS) is 10.7. The number of fused-ring (bicyclic) bond motifs is 1. The number of phenols is 2. The van der Waals surface area contributed by atoms with Crippen molar-refractivity contribution in [2.24, 2.45) is 7.05 Å². The summed E-state index contributed by atoms with van der Waals surface area (Å²) in [5.74, 6) is -0.471. The third-order valence-corrected chi connectivity index (χ3v) is 2.49. The molecule has 0 saturated carbocycles. The van der Waals surface area contributed by atoms with Crippen LogP contribution in [0.15, 0.2) is 24.5 Å². The van der Waals surface area contributed by atoms with Crippen LogP contribution in [0.2, 0.25) is 5.02 Å². The van der Waals surface area contributed by atoms with Gasteiger partial charge in [-0.25, -0.2) is 4.57 Å². The van der Waals surface area contributed by atoms with Crippen LogP contribution in [-0.4, -0.2) is 10.2 Å². The van der Waals surface area contributed by atoms with Crippen LogP contribution in [0.1, 0.15) is 0 Å². The minimum Gasteiger partial charge on any atom is -0.504 e. The lowest BCUT2D eigenvalue weighted by atomic mass is 10.1. The van der Waals surface area contributed by atoms with E-state index in [1.54, 1.807) is 6.07 Å². The van der Waals surface area contributed by atoms with Crippen molar-refractivity contribution in [1.29, 1.82) is 0 Å². The number of benzene rings is 1. The van der Waals surface area contributed by atoms with Gasteiger partial charge in [0.1, 0.15) is 7.05 Å². The minimum absolute atomic E-state index is 0.181. The monoisotopic (exact) mass is 210 g/mol. The Kier molecular flexibility index (Phi) is 1.97. The minimum atomic E-state index is -0.270. The molecule has 0 spiro atoms. The van der Waals surface area contributed by atoms with Gasteiger partial charge in [-0.3, -0.25) is 0 Å². The van der Waals surface area contributed by atoms with Crippen LogP contribution in [0, 0.1) is 0 Å². The Labute approximate surface area is 85.8 Å². The molecule has 0 aliphatic carbocycles. The van der Waals surface area contributed by atoms with Crippen molar-refractivity contribution in [3.63, 3.8) is 0 Å². The molecule has 2 rings (SSSR count). The van der Waals surface area contributed by atoms with E-state index >= 15 is 0 Å². The average molecular weight is 211 g/mol. The van der Waals surface area contributed by atoms with Gasteiger partial charge < -0.3 is 10.2 Å². The quantitative estimate of drug-likeness (QED) is 0.514. The van der Waals surface area contributed by atoms with Gasteiger partial charge in [-0.1, -0.05) is 11.6 Å². The Bertz CT molecular complexity index is 511. The van der Waals surface area contributed by atoms with E-state index < -0.39 is 0 Å². The van der Waals surface area contributed by atoms with Gasteiger partial charge in [0.2, 0.25) is 0 Å². The Hall–Kier alpha value is -1.48. The second-order valence-corrected chi connectivity index (χ2v) is 3.55. The zero-order valence-corrected chi connectivity index (χ0v) is 8.28. The van der Waals surface area contributed by atoms with Gasteiger partial charge in [0, 0.05) is 11.5 Å². The van der Waals surface area contributed by atoms with Gasteiger partial charge in [-0.05, 0) is 6.07 Å². The maximum Gasteiger partial charge on any atom is 0.177 e. The number of aromatic hydroxyl groups is 2. The topological polar surface area (TPSA) is 44.3 Å². The van der Waals surface area contributed by atoms with E-state index in [9.17, 15) is 10.2 Å². The first-order chi connectivity index (χ1) is 6.59. The lowest BCUT2D eigenvalue weighted by molar-refractivity contribution is -0.670. The predicted octanol–water partition coefficient (Wildman–Crippen LogP) is 1.73.